The van der Waals surface area contributed by atoms with E-state index in [4.69, 9.17) is 0 Å². The van der Waals surface area contributed by atoms with Gasteiger partial charge in [0.1, 0.15) is 0 Å². The van der Waals surface area contributed by atoms with Crippen LogP contribution < -0.4 is 5.32 Å². The molecule has 1 N–H and O–H groups in total. The minimum Gasteiger partial charge on any atom is -0.314 e. The Morgan fingerprint density at radius 1 is 0.737 bits per heavy atom. The molecule has 0 unspecified atom stereocenters. The van der Waals surface area contributed by atoms with Gasteiger partial charge >= 0.3 is 0 Å². The lowest BCUT2D eigenvalue weighted by atomic mass is 9.71. The molecule has 1 nitrogen and oxygen atoms in total. The molecule has 0 aliphatic heterocycles. The Morgan fingerprint density at radius 3 is 2.11 bits per heavy atom. The van der Waals surface area contributed by atoms with Gasteiger partial charge in [-0.25, -0.2) is 0 Å². The molecule has 1 heteroatoms. The Kier molecular flexibility index (Phi) is 4.84. The highest BCUT2D eigenvalue weighted by Crippen LogP contribution is 2.48. The molecule has 0 radical (unpaired) electrons. The van der Waals surface area contributed by atoms with Crippen molar-refractivity contribution in [2.24, 2.45) is 11.3 Å². The number of rotatable bonds is 4. The minimum atomic E-state index is 0.807. The first kappa shape index (κ1) is 13.9. The quantitative estimate of drug-likeness (QED) is 0.748. The fourth-order valence-electron chi connectivity index (χ4n) is 5.03. The molecule has 0 atom stereocenters. The summed E-state index contributed by atoms with van der Waals surface area (Å²) in [6, 6.07) is 0.856. The van der Waals surface area contributed by atoms with E-state index in [1.165, 1.54) is 83.6 Å². The van der Waals surface area contributed by atoms with Crippen LogP contribution in [0.2, 0.25) is 0 Å². The zero-order valence-corrected chi connectivity index (χ0v) is 12.8. The predicted octanol–water partition coefficient (Wildman–Crippen LogP) is 5.05. The highest BCUT2D eigenvalue weighted by molar-refractivity contribution is 4.91. The second-order valence-electron chi connectivity index (χ2n) is 7.73. The van der Waals surface area contributed by atoms with Gasteiger partial charge in [0, 0.05) is 6.04 Å². The van der Waals surface area contributed by atoms with E-state index in [9.17, 15) is 0 Å². The lowest BCUT2D eigenvalue weighted by molar-refractivity contribution is 0.167. The zero-order chi connectivity index (χ0) is 13.0. The smallest absolute Gasteiger partial charge is 0.00674 e. The van der Waals surface area contributed by atoms with Crippen LogP contribution in [0.3, 0.4) is 0 Å². The molecule has 0 aromatic carbocycles. The van der Waals surface area contributed by atoms with E-state index >= 15 is 0 Å². The van der Waals surface area contributed by atoms with E-state index in [0.717, 1.165) is 17.4 Å². The molecule has 3 aliphatic rings. The van der Waals surface area contributed by atoms with Gasteiger partial charge in [0.15, 0.2) is 0 Å². The third kappa shape index (κ3) is 3.74. The topological polar surface area (TPSA) is 12.0 Å². The van der Waals surface area contributed by atoms with Crippen LogP contribution in [0, 0.1) is 11.3 Å². The van der Waals surface area contributed by atoms with E-state index in [0.29, 0.717) is 0 Å². The third-order valence-electron chi connectivity index (χ3n) is 6.42. The second-order valence-corrected chi connectivity index (χ2v) is 7.73. The van der Waals surface area contributed by atoms with Gasteiger partial charge in [-0.15, -0.1) is 0 Å². The van der Waals surface area contributed by atoms with Crippen LogP contribution in [0.25, 0.3) is 0 Å². The van der Waals surface area contributed by atoms with Crippen LogP contribution in [0.5, 0.6) is 0 Å². The molecule has 3 aliphatic carbocycles. The average Bonchev–Trinajstić information content (AvgIpc) is 2.91. The van der Waals surface area contributed by atoms with Crippen molar-refractivity contribution in [3.8, 4) is 0 Å². The normalized spacial score (nSPS) is 29.1. The van der Waals surface area contributed by atoms with Gasteiger partial charge < -0.3 is 5.32 Å². The maximum absolute atomic E-state index is 3.88. The third-order valence-corrected chi connectivity index (χ3v) is 6.42. The average molecular weight is 263 g/mol. The fraction of sp³-hybridized carbons (Fsp3) is 1.00. The Bertz CT molecular complexity index is 251. The number of hydrogen-bond acceptors (Lipinski definition) is 1. The minimum absolute atomic E-state index is 0.807. The lowest BCUT2D eigenvalue weighted by Gasteiger charge is -2.37. The molecule has 3 fully saturated rings. The first-order valence-corrected chi connectivity index (χ1v) is 9.10. The molecule has 3 saturated carbocycles. The molecule has 0 bridgehead atoms. The van der Waals surface area contributed by atoms with Crippen molar-refractivity contribution >= 4 is 0 Å². The van der Waals surface area contributed by atoms with Crippen molar-refractivity contribution in [1.29, 1.82) is 0 Å². The maximum Gasteiger partial charge on any atom is 0.00674 e. The molecule has 0 heterocycles. The molecule has 0 amide bonds. The molecule has 0 saturated heterocycles. The van der Waals surface area contributed by atoms with Crippen LogP contribution in [0.15, 0.2) is 0 Å². The van der Waals surface area contributed by atoms with Gasteiger partial charge in [0.25, 0.3) is 0 Å². The molecule has 3 rings (SSSR count). The summed E-state index contributed by atoms with van der Waals surface area (Å²) in [4.78, 5) is 0. The molecule has 0 aromatic rings. The molecule has 1 spiro atoms. The summed E-state index contributed by atoms with van der Waals surface area (Å²) in [6.07, 6.45) is 21.0. The summed E-state index contributed by atoms with van der Waals surface area (Å²) >= 11 is 0. The Labute approximate surface area is 119 Å². The van der Waals surface area contributed by atoms with Crippen LogP contribution in [0.1, 0.15) is 89.9 Å². The van der Waals surface area contributed by atoms with Crippen molar-refractivity contribution in [1.82, 2.24) is 5.32 Å². The van der Waals surface area contributed by atoms with Gasteiger partial charge in [-0.1, -0.05) is 44.9 Å². The van der Waals surface area contributed by atoms with Gasteiger partial charge in [0.05, 0.1) is 0 Å². The summed E-state index contributed by atoms with van der Waals surface area (Å²) in [6.45, 7) is 1.29. The lowest BCUT2D eigenvalue weighted by Crippen LogP contribution is -2.37. The van der Waals surface area contributed by atoms with Crippen molar-refractivity contribution in [3.63, 3.8) is 0 Å². The van der Waals surface area contributed by atoms with E-state index < -0.39 is 0 Å². The summed E-state index contributed by atoms with van der Waals surface area (Å²) in [5.74, 6) is 1.05. The van der Waals surface area contributed by atoms with Gasteiger partial charge in [-0.2, -0.15) is 0 Å². The Hall–Kier alpha value is -0.0400. The maximum atomic E-state index is 3.88. The van der Waals surface area contributed by atoms with Crippen LogP contribution in [-0.4, -0.2) is 12.6 Å². The standard InChI is InChI=1S/C18H33N/c1-2-6-16(7-3-1)10-15-19-17-8-13-18(14-9-17)11-4-5-12-18/h16-17,19H,1-15H2. The predicted molar refractivity (Wildman–Crippen MR) is 82.4 cm³/mol. The van der Waals surface area contributed by atoms with E-state index in [1.54, 1.807) is 12.8 Å². The highest BCUT2D eigenvalue weighted by atomic mass is 14.9. The van der Waals surface area contributed by atoms with Crippen LogP contribution in [0.4, 0.5) is 0 Å². The molecule has 19 heavy (non-hydrogen) atoms. The monoisotopic (exact) mass is 263 g/mol. The van der Waals surface area contributed by atoms with Crippen molar-refractivity contribution in [3.05, 3.63) is 0 Å². The molecular weight excluding hydrogens is 230 g/mol. The van der Waals surface area contributed by atoms with Crippen molar-refractivity contribution in [2.75, 3.05) is 6.54 Å². The first-order valence-electron chi connectivity index (χ1n) is 9.10. The van der Waals surface area contributed by atoms with Gasteiger partial charge in [-0.3, -0.25) is 0 Å². The number of nitrogens with one attached hydrogen (secondary N) is 1. The first-order chi connectivity index (χ1) is 9.36. The largest absolute Gasteiger partial charge is 0.314 e. The summed E-state index contributed by atoms with van der Waals surface area (Å²) < 4.78 is 0. The van der Waals surface area contributed by atoms with Crippen molar-refractivity contribution in [2.45, 2.75) is 95.9 Å². The summed E-state index contributed by atoms with van der Waals surface area (Å²) in [5.41, 5.74) is 0.807. The Balaban J connectivity index is 1.31. The summed E-state index contributed by atoms with van der Waals surface area (Å²) in [7, 11) is 0. The van der Waals surface area contributed by atoms with Gasteiger partial charge in [-0.05, 0) is 62.8 Å². The molecule has 0 aromatic heterocycles. The van der Waals surface area contributed by atoms with E-state index in [-0.39, 0.29) is 0 Å². The van der Waals surface area contributed by atoms with E-state index in [2.05, 4.69) is 5.32 Å². The Morgan fingerprint density at radius 2 is 1.42 bits per heavy atom. The molecular formula is C18H33N. The summed E-state index contributed by atoms with van der Waals surface area (Å²) in [5, 5.41) is 3.88. The van der Waals surface area contributed by atoms with Gasteiger partial charge in [0.2, 0.25) is 0 Å². The SMILES string of the molecule is C1CCC(CCNC2CCC3(CCCC3)CC2)CC1. The fourth-order valence-corrected chi connectivity index (χ4v) is 5.03. The van der Waals surface area contributed by atoms with Crippen LogP contribution in [-0.2, 0) is 0 Å². The molecule has 110 valence electrons. The van der Waals surface area contributed by atoms with Crippen molar-refractivity contribution < 1.29 is 0 Å². The second kappa shape index (κ2) is 6.61. The van der Waals surface area contributed by atoms with Crippen LogP contribution >= 0.6 is 0 Å². The highest BCUT2D eigenvalue weighted by Gasteiger charge is 2.37. The zero-order valence-electron chi connectivity index (χ0n) is 12.8. The van der Waals surface area contributed by atoms with E-state index in [1.807, 2.05) is 0 Å². The number of hydrogen-bond donors (Lipinski definition) is 1.